The number of benzene rings is 1. The number of ketones is 1. The van der Waals surface area contributed by atoms with E-state index in [2.05, 4.69) is 6.58 Å². The number of carbonyl (C=O) groups excluding carboxylic acids is 1. The molecule has 0 unspecified atom stereocenters. The smallest absolute Gasteiger partial charge is 0.277 e. The van der Waals surface area contributed by atoms with Crippen LogP contribution in [0.4, 0.5) is 5.69 Å². The summed E-state index contributed by atoms with van der Waals surface area (Å²) in [6.45, 7) is 4.04. The number of nitro benzene ring substituents is 1. The van der Waals surface area contributed by atoms with Gasteiger partial charge in [-0.1, -0.05) is 36.9 Å². The molecule has 0 spiro atoms. The molecule has 4 heteroatoms. The number of hydrogen-bond acceptors (Lipinski definition) is 3. The van der Waals surface area contributed by atoms with Gasteiger partial charge in [-0.05, 0) is 30.1 Å². The van der Waals surface area contributed by atoms with E-state index in [9.17, 15) is 14.9 Å². The third-order valence-corrected chi connectivity index (χ3v) is 3.45. The van der Waals surface area contributed by atoms with E-state index in [1.54, 1.807) is 30.4 Å². The highest BCUT2D eigenvalue weighted by atomic mass is 16.6. The molecule has 0 saturated heterocycles. The van der Waals surface area contributed by atoms with E-state index < -0.39 is 0 Å². The molecule has 108 valence electrons. The molecule has 0 aliphatic heterocycles. The maximum absolute atomic E-state index is 11.5. The summed E-state index contributed by atoms with van der Waals surface area (Å²) in [4.78, 5) is 22.3. The topological polar surface area (TPSA) is 60.2 Å². The third-order valence-electron chi connectivity index (χ3n) is 3.45. The van der Waals surface area contributed by atoms with Gasteiger partial charge in [-0.2, -0.15) is 0 Å². The number of allylic oxidation sites excluding steroid dienone is 5. The Morgan fingerprint density at radius 1 is 1.19 bits per heavy atom. The lowest BCUT2D eigenvalue weighted by Crippen LogP contribution is -2.00. The lowest BCUT2D eigenvalue weighted by molar-refractivity contribution is -0.385. The number of nitrogens with zero attached hydrogens (tertiary/aromatic N) is 1. The Balaban J connectivity index is 2.45. The van der Waals surface area contributed by atoms with E-state index in [1.165, 1.54) is 6.07 Å². The molecule has 0 amide bonds. The van der Waals surface area contributed by atoms with Gasteiger partial charge in [0.05, 0.1) is 10.5 Å². The predicted octanol–water partition coefficient (Wildman–Crippen LogP) is 4.23. The first-order valence-corrected chi connectivity index (χ1v) is 6.90. The molecule has 0 aromatic heterocycles. The Labute approximate surface area is 123 Å². The Bertz CT molecular complexity index is 641. The van der Waals surface area contributed by atoms with Crippen LogP contribution in [0.25, 0.3) is 5.57 Å². The van der Waals surface area contributed by atoms with Gasteiger partial charge in [0.1, 0.15) is 5.78 Å². The molecule has 0 fully saturated rings. The van der Waals surface area contributed by atoms with Gasteiger partial charge < -0.3 is 0 Å². The number of para-hydroxylation sites is 1. The molecular formula is C17H17NO3. The average Bonchev–Trinajstić information content (AvgIpc) is 2.47. The molecule has 0 saturated carbocycles. The molecule has 0 atom stereocenters. The fourth-order valence-electron chi connectivity index (χ4n) is 2.36. The van der Waals surface area contributed by atoms with Gasteiger partial charge in [-0.25, -0.2) is 0 Å². The number of Topliss-reactive ketones (excluding diaryl/α,β-unsaturated/α-hetero) is 1. The van der Waals surface area contributed by atoms with Crippen LogP contribution in [0, 0.1) is 10.1 Å². The van der Waals surface area contributed by atoms with Crippen molar-refractivity contribution in [2.45, 2.75) is 25.7 Å². The van der Waals surface area contributed by atoms with Crippen LogP contribution in [0.2, 0.25) is 0 Å². The summed E-state index contributed by atoms with van der Waals surface area (Å²) in [5.74, 6) is 0.210. The molecule has 21 heavy (non-hydrogen) atoms. The van der Waals surface area contributed by atoms with Crippen LogP contribution in [0.5, 0.6) is 0 Å². The highest BCUT2D eigenvalue weighted by Crippen LogP contribution is 2.32. The number of hydrogen-bond donors (Lipinski definition) is 0. The van der Waals surface area contributed by atoms with Crippen LogP contribution in [-0.2, 0) is 4.79 Å². The van der Waals surface area contributed by atoms with Crippen molar-refractivity contribution in [3.8, 4) is 0 Å². The van der Waals surface area contributed by atoms with Gasteiger partial charge in [0.25, 0.3) is 5.69 Å². The normalized spacial score (nSPS) is 18.0. The van der Waals surface area contributed by atoms with Crippen molar-refractivity contribution in [2.24, 2.45) is 0 Å². The maximum atomic E-state index is 11.5. The zero-order chi connectivity index (χ0) is 15.2. The first kappa shape index (κ1) is 14.9. The van der Waals surface area contributed by atoms with E-state index in [0.29, 0.717) is 24.8 Å². The van der Waals surface area contributed by atoms with Crippen molar-refractivity contribution >= 4 is 17.0 Å². The molecule has 1 aromatic carbocycles. The summed E-state index contributed by atoms with van der Waals surface area (Å²) < 4.78 is 0. The number of carbonyl (C=O) groups is 1. The zero-order valence-corrected chi connectivity index (χ0v) is 11.7. The van der Waals surface area contributed by atoms with Gasteiger partial charge in [0.2, 0.25) is 0 Å². The van der Waals surface area contributed by atoms with Crippen molar-refractivity contribution in [2.75, 3.05) is 0 Å². The Morgan fingerprint density at radius 3 is 2.71 bits per heavy atom. The van der Waals surface area contributed by atoms with Gasteiger partial charge in [-0.15, -0.1) is 0 Å². The summed E-state index contributed by atoms with van der Waals surface area (Å²) in [7, 11) is 0. The van der Waals surface area contributed by atoms with Crippen molar-refractivity contribution in [1.29, 1.82) is 0 Å². The number of rotatable bonds is 2. The van der Waals surface area contributed by atoms with E-state index >= 15 is 0 Å². The fraction of sp³-hybridized carbons (Fsp3) is 0.235. The second-order valence-electron chi connectivity index (χ2n) is 4.98. The van der Waals surface area contributed by atoms with Crippen LogP contribution < -0.4 is 0 Å². The van der Waals surface area contributed by atoms with Crippen molar-refractivity contribution in [3.63, 3.8) is 0 Å². The van der Waals surface area contributed by atoms with Gasteiger partial charge in [0, 0.05) is 18.9 Å². The van der Waals surface area contributed by atoms with Gasteiger partial charge in [0.15, 0.2) is 0 Å². The summed E-state index contributed by atoms with van der Waals surface area (Å²) in [6.07, 6.45) is 7.70. The molecule has 1 aliphatic rings. The van der Waals surface area contributed by atoms with Gasteiger partial charge >= 0.3 is 0 Å². The molecule has 0 N–H and O–H groups in total. The molecule has 1 aromatic rings. The quantitative estimate of drug-likeness (QED) is 0.602. The van der Waals surface area contributed by atoms with Gasteiger partial charge in [-0.3, -0.25) is 14.9 Å². The van der Waals surface area contributed by atoms with Crippen LogP contribution in [0.15, 0.2) is 54.6 Å². The third kappa shape index (κ3) is 3.75. The fourth-order valence-corrected chi connectivity index (χ4v) is 2.36. The van der Waals surface area contributed by atoms with Crippen molar-refractivity contribution in [1.82, 2.24) is 0 Å². The summed E-state index contributed by atoms with van der Waals surface area (Å²) in [6, 6.07) is 6.66. The SMILES string of the molecule is C=C1CCCC(=O)C/C=C\C=C1c1ccccc1[N+](=O)[O-]. The van der Waals surface area contributed by atoms with Crippen molar-refractivity contribution < 1.29 is 9.72 Å². The van der Waals surface area contributed by atoms with Crippen LogP contribution in [-0.4, -0.2) is 10.7 Å². The van der Waals surface area contributed by atoms with Crippen molar-refractivity contribution in [3.05, 3.63) is 70.3 Å². The lowest BCUT2D eigenvalue weighted by atomic mass is 9.92. The highest BCUT2D eigenvalue weighted by Gasteiger charge is 2.18. The summed E-state index contributed by atoms with van der Waals surface area (Å²) >= 11 is 0. The monoisotopic (exact) mass is 283 g/mol. The summed E-state index contributed by atoms with van der Waals surface area (Å²) in [5, 5.41) is 11.2. The second kappa shape index (κ2) is 6.79. The second-order valence-corrected chi connectivity index (χ2v) is 4.98. The standard InChI is InChI=1S/C17H17NO3/c1-13-7-6-9-14(19)8-2-3-10-15(13)16-11-4-5-12-17(16)18(20)21/h2-5,10-12H,1,6-9H2/b3-2-,15-10?. The van der Waals surface area contributed by atoms with E-state index in [-0.39, 0.29) is 16.4 Å². The molecule has 4 nitrogen and oxygen atoms in total. The molecule has 0 bridgehead atoms. The minimum atomic E-state index is -0.379. The zero-order valence-electron chi connectivity index (χ0n) is 11.7. The number of nitro groups is 1. The minimum Gasteiger partial charge on any atom is -0.299 e. The average molecular weight is 283 g/mol. The highest BCUT2D eigenvalue weighted by molar-refractivity contribution is 5.85. The Hall–Kier alpha value is -2.49. The van der Waals surface area contributed by atoms with Crippen LogP contribution in [0.3, 0.4) is 0 Å². The maximum Gasteiger partial charge on any atom is 0.277 e. The minimum absolute atomic E-state index is 0.0754. The Morgan fingerprint density at radius 2 is 1.95 bits per heavy atom. The van der Waals surface area contributed by atoms with Crippen LogP contribution in [0.1, 0.15) is 31.2 Å². The molecular weight excluding hydrogens is 266 g/mol. The van der Waals surface area contributed by atoms with E-state index in [0.717, 1.165) is 17.6 Å². The molecule has 0 radical (unpaired) electrons. The predicted molar refractivity (Wildman–Crippen MR) is 82.8 cm³/mol. The first-order chi connectivity index (χ1) is 10.1. The van der Waals surface area contributed by atoms with E-state index in [4.69, 9.17) is 0 Å². The Kier molecular flexibility index (Phi) is 4.82. The lowest BCUT2D eigenvalue weighted by Gasteiger charge is -2.12. The summed E-state index contributed by atoms with van der Waals surface area (Å²) in [5.41, 5.74) is 2.24. The molecule has 0 heterocycles. The molecule has 2 rings (SSSR count). The van der Waals surface area contributed by atoms with E-state index in [1.807, 2.05) is 6.08 Å². The molecule has 1 aliphatic carbocycles. The first-order valence-electron chi connectivity index (χ1n) is 6.90. The van der Waals surface area contributed by atoms with Crippen LogP contribution >= 0.6 is 0 Å². The largest absolute Gasteiger partial charge is 0.299 e.